The summed E-state index contributed by atoms with van der Waals surface area (Å²) in [6.07, 6.45) is 2.51. The summed E-state index contributed by atoms with van der Waals surface area (Å²) in [6, 6.07) is 15.2. The maximum absolute atomic E-state index is 12.3. The van der Waals surface area contributed by atoms with Gasteiger partial charge in [0.1, 0.15) is 5.75 Å². The minimum Gasteiger partial charge on any atom is -0.494 e. The van der Waals surface area contributed by atoms with Crippen LogP contribution in [0.5, 0.6) is 5.75 Å². The monoisotopic (exact) mass is 366 g/mol. The maximum atomic E-state index is 12.3. The fraction of sp³-hybridized carbons (Fsp3) is 0.364. The van der Waals surface area contributed by atoms with E-state index in [1.165, 1.54) is 10.5 Å². The van der Waals surface area contributed by atoms with Crippen molar-refractivity contribution >= 4 is 11.8 Å². The highest BCUT2D eigenvalue weighted by atomic mass is 16.5. The van der Waals surface area contributed by atoms with Crippen molar-refractivity contribution in [1.29, 1.82) is 0 Å². The minimum atomic E-state index is -0.190. The van der Waals surface area contributed by atoms with Crippen LogP contribution in [-0.2, 0) is 6.42 Å². The van der Waals surface area contributed by atoms with E-state index in [0.717, 1.165) is 31.6 Å². The zero-order valence-electron chi connectivity index (χ0n) is 16.0. The Balaban J connectivity index is 1.42. The number of rotatable bonds is 9. The van der Waals surface area contributed by atoms with Gasteiger partial charge in [0, 0.05) is 13.1 Å². The van der Waals surface area contributed by atoms with Crippen molar-refractivity contribution in [3.8, 4) is 5.75 Å². The Morgan fingerprint density at radius 2 is 1.63 bits per heavy atom. The molecule has 0 fully saturated rings. The third kappa shape index (κ3) is 4.74. The highest BCUT2D eigenvalue weighted by Crippen LogP contribution is 2.22. The Kier molecular flexibility index (Phi) is 6.24. The molecule has 2 aromatic carbocycles. The highest BCUT2D eigenvalue weighted by Gasteiger charge is 2.34. The van der Waals surface area contributed by atoms with E-state index in [0.29, 0.717) is 24.3 Å². The first-order valence-electron chi connectivity index (χ1n) is 9.38. The van der Waals surface area contributed by atoms with Crippen LogP contribution in [0.25, 0.3) is 0 Å². The second-order valence-electron chi connectivity index (χ2n) is 7.06. The maximum Gasteiger partial charge on any atom is 0.261 e. The predicted octanol–water partition coefficient (Wildman–Crippen LogP) is 3.25. The zero-order chi connectivity index (χ0) is 19.2. The number of carbonyl (C=O) groups is 2. The Morgan fingerprint density at radius 3 is 2.30 bits per heavy atom. The van der Waals surface area contributed by atoms with Gasteiger partial charge < -0.3 is 9.64 Å². The largest absolute Gasteiger partial charge is 0.494 e. The van der Waals surface area contributed by atoms with Crippen LogP contribution in [0.2, 0.25) is 0 Å². The average molecular weight is 366 g/mol. The summed E-state index contributed by atoms with van der Waals surface area (Å²) in [7, 11) is 4.13. The first-order valence-corrected chi connectivity index (χ1v) is 9.38. The SMILES string of the molecule is CN(C)CCc1cccc(OCCCCN2C(=O)c3ccccc3C2=O)c1. The van der Waals surface area contributed by atoms with Crippen molar-refractivity contribution < 1.29 is 14.3 Å². The molecule has 1 heterocycles. The van der Waals surface area contributed by atoms with Crippen LogP contribution in [0, 0.1) is 0 Å². The van der Waals surface area contributed by atoms with Crippen LogP contribution >= 0.6 is 0 Å². The van der Waals surface area contributed by atoms with Gasteiger partial charge in [-0.15, -0.1) is 0 Å². The molecule has 1 aliphatic heterocycles. The molecule has 0 spiro atoms. The Hall–Kier alpha value is -2.66. The molecule has 27 heavy (non-hydrogen) atoms. The number of amides is 2. The van der Waals surface area contributed by atoms with Crippen molar-refractivity contribution in [3.05, 3.63) is 65.2 Å². The molecule has 0 aromatic heterocycles. The van der Waals surface area contributed by atoms with Gasteiger partial charge in [-0.25, -0.2) is 0 Å². The number of imide groups is 1. The van der Waals surface area contributed by atoms with Gasteiger partial charge in [0.2, 0.25) is 0 Å². The van der Waals surface area contributed by atoms with Gasteiger partial charge in [0.25, 0.3) is 11.8 Å². The molecule has 0 aliphatic carbocycles. The van der Waals surface area contributed by atoms with Gasteiger partial charge in [0.05, 0.1) is 17.7 Å². The number of fused-ring (bicyclic) bond motifs is 1. The summed E-state index contributed by atoms with van der Waals surface area (Å²) in [5, 5.41) is 0. The van der Waals surface area contributed by atoms with Crippen molar-refractivity contribution in [1.82, 2.24) is 9.80 Å². The number of ether oxygens (including phenoxy) is 1. The number of benzene rings is 2. The van der Waals surface area contributed by atoms with Gasteiger partial charge in [-0.3, -0.25) is 14.5 Å². The molecule has 0 atom stereocenters. The first-order chi connectivity index (χ1) is 13.1. The van der Waals surface area contributed by atoms with Crippen LogP contribution in [0.4, 0.5) is 0 Å². The number of hydrogen-bond donors (Lipinski definition) is 0. The molecular weight excluding hydrogens is 340 g/mol. The molecule has 0 radical (unpaired) electrons. The summed E-state index contributed by atoms with van der Waals surface area (Å²) >= 11 is 0. The average Bonchev–Trinajstić information content (AvgIpc) is 2.91. The summed E-state index contributed by atoms with van der Waals surface area (Å²) in [4.78, 5) is 28.1. The number of hydrogen-bond acceptors (Lipinski definition) is 4. The lowest BCUT2D eigenvalue weighted by Gasteiger charge is -2.14. The lowest BCUT2D eigenvalue weighted by molar-refractivity contribution is 0.0649. The van der Waals surface area contributed by atoms with E-state index in [2.05, 4.69) is 31.1 Å². The predicted molar refractivity (Wildman–Crippen MR) is 105 cm³/mol. The number of nitrogens with zero attached hydrogens (tertiary/aromatic N) is 2. The summed E-state index contributed by atoms with van der Waals surface area (Å²) in [6.45, 7) is 2.00. The van der Waals surface area contributed by atoms with Crippen LogP contribution in [0.15, 0.2) is 48.5 Å². The van der Waals surface area contributed by atoms with Crippen LogP contribution < -0.4 is 4.74 Å². The lowest BCUT2D eigenvalue weighted by atomic mass is 10.1. The van der Waals surface area contributed by atoms with E-state index in [9.17, 15) is 9.59 Å². The summed E-state index contributed by atoms with van der Waals surface area (Å²) in [5.41, 5.74) is 2.27. The standard InChI is InChI=1S/C22H26N2O3/c1-23(2)14-12-17-8-7-9-18(16-17)27-15-6-5-13-24-21(25)19-10-3-4-11-20(19)22(24)26/h3-4,7-11,16H,5-6,12-15H2,1-2H3. The molecule has 0 unspecified atom stereocenters. The zero-order valence-corrected chi connectivity index (χ0v) is 16.0. The van der Waals surface area contributed by atoms with Gasteiger partial charge in [-0.05, 0) is 63.2 Å². The molecule has 1 aliphatic rings. The second-order valence-corrected chi connectivity index (χ2v) is 7.06. The fourth-order valence-corrected chi connectivity index (χ4v) is 3.15. The van der Waals surface area contributed by atoms with Gasteiger partial charge in [0.15, 0.2) is 0 Å². The van der Waals surface area contributed by atoms with Crippen molar-refractivity contribution in [2.24, 2.45) is 0 Å². The number of unbranched alkanes of at least 4 members (excludes halogenated alkanes) is 1. The van der Waals surface area contributed by atoms with E-state index < -0.39 is 0 Å². The van der Waals surface area contributed by atoms with Crippen molar-refractivity contribution in [2.45, 2.75) is 19.3 Å². The molecule has 0 saturated heterocycles. The number of likely N-dealkylation sites (N-methyl/N-ethyl adjacent to an activating group) is 1. The molecule has 2 amide bonds. The van der Waals surface area contributed by atoms with Crippen molar-refractivity contribution in [2.75, 3.05) is 33.8 Å². The fourth-order valence-electron chi connectivity index (χ4n) is 3.15. The van der Waals surface area contributed by atoms with E-state index in [4.69, 9.17) is 4.74 Å². The third-order valence-corrected chi connectivity index (χ3v) is 4.67. The molecular formula is C22H26N2O3. The third-order valence-electron chi connectivity index (χ3n) is 4.67. The second kappa shape index (κ2) is 8.82. The van der Waals surface area contributed by atoms with Gasteiger partial charge in [-0.1, -0.05) is 24.3 Å². The van der Waals surface area contributed by atoms with E-state index >= 15 is 0 Å². The molecule has 0 N–H and O–H groups in total. The quantitative estimate of drug-likeness (QED) is 0.505. The van der Waals surface area contributed by atoms with Gasteiger partial charge in [-0.2, -0.15) is 0 Å². The topological polar surface area (TPSA) is 49.9 Å². The van der Waals surface area contributed by atoms with Gasteiger partial charge >= 0.3 is 0 Å². The van der Waals surface area contributed by atoms with Crippen LogP contribution in [0.1, 0.15) is 39.1 Å². The summed E-state index contributed by atoms with van der Waals surface area (Å²) in [5.74, 6) is 0.488. The lowest BCUT2D eigenvalue weighted by Crippen LogP contribution is -2.30. The minimum absolute atomic E-state index is 0.190. The van der Waals surface area contributed by atoms with E-state index in [1.807, 2.05) is 12.1 Å². The van der Waals surface area contributed by atoms with E-state index in [-0.39, 0.29) is 11.8 Å². The molecule has 5 nitrogen and oxygen atoms in total. The van der Waals surface area contributed by atoms with Crippen LogP contribution in [-0.4, -0.2) is 55.4 Å². The Morgan fingerprint density at radius 1 is 0.926 bits per heavy atom. The van der Waals surface area contributed by atoms with Crippen LogP contribution in [0.3, 0.4) is 0 Å². The molecule has 3 rings (SSSR count). The molecule has 2 aromatic rings. The highest BCUT2D eigenvalue weighted by molar-refractivity contribution is 6.21. The summed E-state index contributed by atoms with van der Waals surface area (Å²) < 4.78 is 5.83. The normalized spacial score (nSPS) is 13.4. The first kappa shape index (κ1) is 19.1. The molecule has 0 bridgehead atoms. The molecule has 0 saturated carbocycles. The Bertz CT molecular complexity index is 782. The smallest absolute Gasteiger partial charge is 0.261 e. The Labute approximate surface area is 160 Å². The van der Waals surface area contributed by atoms with E-state index in [1.54, 1.807) is 24.3 Å². The number of carbonyl (C=O) groups excluding carboxylic acids is 2. The molecule has 142 valence electrons. The van der Waals surface area contributed by atoms with Crippen molar-refractivity contribution in [3.63, 3.8) is 0 Å². The molecule has 5 heteroatoms.